The standard InChI is InChI=1S/C22H26ClN7O3/c1-2-3-5-11-29-19-18(26-21(23)27-19)20(31)30(22(29)32)12-6-4-9-17-25-16(28-33-17)13-15-8-7-10-24-14-15/h7-8,10,14H,2-6,9,11-13H2,1H3,(H,26,27). The largest absolute Gasteiger partial charge is 0.339 e. The van der Waals surface area contributed by atoms with Crippen LogP contribution in [-0.2, 0) is 25.9 Å². The van der Waals surface area contributed by atoms with Gasteiger partial charge in [-0.05, 0) is 42.5 Å². The highest BCUT2D eigenvalue weighted by Crippen LogP contribution is 2.12. The lowest BCUT2D eigenvalue weighted by Gasteiger charge is -2.11. The van der Waals surface area contributed by atoms with Crippen LogP contribution in [-0.4, -0.2) is 34.2 Å². The number of unbranched alkanes of at least 4 members (excludes halogenated alkanes) is 3. The van der Waals surface area contributed by atoms with E-state index in [4.69, 9.17) is 16.1 Å². The molecule has 0 aromatic carbocycles. The summed E-state index contributed by atoms with van der Waals surface area (Å²) in [5.41, 5.74) is 0.817. The van der Waals surface area contributed by atoms with Gasteiger partial charge in [0.05, 0.1) is 0 Å². The first-order chi connectivity index (χ1) is 16.1. The summed E-state index contributed by atoms with van der Waals surface area (Å²) >= 11 is 5.98. The van der Waals surface area contributed by atoms with E-state index < -0.39 is 5.56 Å². The second-order valence-corrected chi connectivity index (χ2v) is 8.28. The lowest BCUT2D eigenvalue weighted by atomic mass is 10.2. The van der Waals surface area contributed by atoms with Crippen LogP contribution in [0.4, 0.5) is 0 Å². The molecule has 0 aliphatic heterocycles. The summed E-state index contributed by atoms with van der Waals surface area (Å²) in [5.74, 6) is 1.14. The van der Waals surface area contributed by atoms with Crippen molar-refractivity contribution in [2.75, 3.05) is 0 Å². The maximum absolute atomic E-state index is 13.0. The minimum absolute atomic E-state index is 0.0990. The Bertz CT molecular complexity index is 1320. The van der Waals surface area contributed by atoms with Gasteiger partial charge in [-0.2, -0.15) is 9.97 Å². The predicted molar refractivity (Wildman–Crippen MR) is 123 cm³/mol. The number of nitrogens with zero attached hydrogens (tertiary/aromatic N) is 6. The molecule has 4 rings (SSSR count). The third-order valence-corrected chi connectivity index (χ3v) is 5.61. The van der Waals surface area contributed by atoms with Crippen molar-refractivity contribution in [2.24, 2.45) is 0 Å². The van der Waals surface area contributed by atoms with E-state index in [0.717, 1.165) is 24.8 Å². The van der Waals surface area contributed by atoms with Gasteiger partial charge in [-0.25, -0.2) is 4.79 Å². The summed E-state index contributed by atoms with van der Waals surface area (Å²) < 4.78 is 8.12. The number of H-pyrrole nitrogens is 1. The molecule has 0 saturated carbocycles. The minimum Gasteiger partial charge on any atom is -0.339 e. The first-order valence-corrected chi connectivity index (χ1v) is 11.5. The van der Waals surface area contributed by atoms with Crippen LogP contribution >= 0.6 is 11.6 Å². The first kappa shape index (κ1) is 22.9. The van der Waals surface area contributed by atoms with Crippen LogP contribution in [0.3, 0.4) is 0 Å². The molecular weight excluding hydrogens is 446 g/mol. The van der Waals surface area contributed by atoms with Gasteiger partial charge in [-0.1, -0.05) is 31.0 Å². The van der Waals surface area contributed by atoms with Crippen LogP contribution in [0.25, 0.3) is 11.2 Å². The highest BCUT2D eigenvalue weighted by atomic mass is 35.5. The number of fused-ring (bicyclic) bond motifs is 1. The van der Waals surface area contributed by atoms with E-state index in [-0.39, 0.29) is 23.0 Å². The van der Waals surface area contributed by atoms with Gasteiger partial charge in [-0.3, -0.25) is 18.9 Å². The van der Waals surface area contributed by atoms with Crippen LogP contribution < -0.4 is 11.2 Å². The monoisotopic (exact) mass is 471 g/mol. The van der Waals surface area contributed by atoms with Crippen molar-refractivity contribution in [1.29, 1.82) is 0 Å². The summed E-state index contributed by atoms with van der Waals surface area (Å²) in [5, 5.41) is 4.11. The third kappa shape index (κ3) is 5.39. The zero-order valence-corrected chi connectivity index (χ0v) is 19.2. The number of halogens is 1. The van der Waals surface area contributed by atoms with Crippen LogP contribution in [0.5, 0.6) is 0 Å². The number of hydrogen-bond donors (Lipinski definition) is 1. The Morgan fingerprint density at radius 2 is 1.91 bits per heavy atom. The van der Waals surface area contributed by atoms with Crippen LogP contribution in [0.2, 0.25) is 5.28 Å². The smallest absolute Gasteiger partial charge is 0.332 e. The number of aromatic nitrogens is 7. The molecule has 0 fully saturated rings. The molecular formula is C22H26ClN7O3. The van der Waals surface area contributed by atoms with Crippen LogP contribution in [0, 0.1) is 0 Å². The summed E-state index contributed by atoms with van der Waals surface area (Å²) in [7, 11) is 0. The number of hydrogen-bond acceptors (Lipinski definition) is 7. The third-order valence-electron chi connectivity index (χ3n) is 5.44. The average Bonchev–Trinajstić information content (AvgIpc) is 3.42. The zero-order valence-electron chi connectivity index (χ0n) is 18.5. The summed E-state index contributed by atoms with van der Waals surface area (Å²) in [4.78, 5) is 41.3. The maximum atomic E-state index is 13.0. The van der Waals surface area contributed by atoms with Crippen molar-refractivity contribution in [1.82, 2.24) is 34.2 Å². The van der Waals surface area contributed by atoms with Crippen LogP contribution in [0.15, 0.2) is 38.6 Å². The molecule has 0 saturated heterocycles. The Labute approximate surface area is 194 Å². The molecule has 1 N–H and O–H groups in total. The van der Waals surface area contributed by atoms with Crippen molar-refractivity contribution >= 4 is 22.8 Å². The molecule has 4 heterocycles. The molecule has 0 radical (unpaired) electrons. The Hall–Kier alpha value is -3.27. The second kappa shape index (κ2) is 10.6. The van der Waals surface area contributed by atoms with Gasteiger partial charge < -0.3 is 9.51 Å². The maximum Gasteiger partial charge on any atom is 0.332 e. The van der Waals surface area contributed by atoms with Gasteiger partial charge in [-0.15, -0.1) is 0 Å². The fourth-order valence-electron chi connectivity index (χ4n) is 3.75. The van der Waals surface area contributed by atoms with E-state index in [1.54, 1.807) is 12.4 Å². The van der Waals surface area contributed by atoms with Crippen molar-refractivity contribution < 1.29 is 4.52 Å². The molecule has 174 valence electrons. The topological polar surface area (TPSA) is 124 Å². The number of imidazole rings is 1. The Morgan fingerprint density at radius 3 is 2.70 bits per heavy atom. The molecule has 10 nitrogen and oxygen atoms in total. The summed E-state index contributed by atoms with van der Waals surface area (Å²) in [6, 6.07) is 3.82. The van der Waals surface area contributed by atoms with E-state index in [2.05, 4.69) is 32.0 Å². The van der Waals surface area contributed by atoms with Gasteiger partial charge in [0.25, 0.3) is 5.56 Å². The minimum atomic E-state index is -0.405. The average molecular weight is 472 g/mol. The SMILES string of the molecule is CCCCCn1c(=O)n(CCCCc2nc(Cc3cccnc3)no2)c(=O)c2[nH]c(Cl)nc21. The zero-order chi connectivity index (χ0) is 23.2. The van der Waals surface area contributed by atoms with Crippen molar-refractivity contribution in [3.8, 4) is 0 Å². The fraction of sp³-hybridized carbons (Fsp3) is 0.455. The van der Waals surface area contributed by atoms with E-state index in [1.165, 1.54) is 9.13 Å². The van der Waals surface area contributed by atoms with E-state index in [1.807, 2.05) is 12.1 Å². The molecule has 0 aliphatic carbocycles. The molecule has 0 spiro atoms. The molecule has 33 heavy (non-hydrogen) atoms. The molecule has 4 aromatic rings. The number of aryl methyl sites for hydroxylation is 2. The Morgan fingerprint density at radius 1 is 1.09 bits per heavy atom. The summed E-state index contributed by atoms with van der Waals surface area (Å²) in [6.07, 6.45) is 8.75. The van der Waals surface area contributed by atoms with Gasteiger partial charge >= 0.3 is 5.69 Å². The van der Waals surface area contributed by atoms with Crippen LogP contribution in [0.1, 0.15) is 56.3 Å². The summed E-state index contributed by atoms with van der Waals surface area (Å²) in [6.45, 7) is 2.87. The van der Waals surface area contributed by atoms with Crippen molar-refractivity contribution in [3.05, 3.63) is 67.9 Å². The van der Waals surface area contributed by atoms with Gasteiger partial charge in [0.2, 0.25) is 11.2 Å². The number of rotatable bonds is 11. The number of nitrogens with one attached hydrogen (secondary N) is 1. The molecule has 4 aromatic heterocycles. The first-order valence-electron chi connectivity index (χ1n) is 11.2. The Balaban J connectivity index is 1.41. The quantitative estimate of drug-likeness (QED) is 0.263. The molecule has 0 amide bonds. The van der Waals surface area contributed by atoms with Crippen molar-refractivity contribution in [2.45, 2.75) is 65.0 Å². The molecule has 0 bridgehead atoms. The lowest BCUT2D eigenvalue weighted by molar-refractivity contribution is 0.368. The Kier molecular flexibility index (Phi) is 7.33. The predicted octanol–water partition coefficient (Wildman–Crippen LogP) is 3.12. The van der Waals surface area contributed by atoms with Gasteiger partial charge in [0.1, 0.15) is 0 Å². The number of aromatic amines is 1. The fourth-order valence-corrected chi connectivity index (χ4v) is 3.93. The normalized spacial score (nSPS) is 11.5. The second-order valence-electron chi connectivity index (χ2n) is 7.92. The number of pyridine rings is 1. The van der Waals surface area contributed by atoms with E-state index in [0.29, 0.717) is 49.6 Å². The molecule has 11 heteroatoms. The lowest BCUT2D eigenvalue weighted by Crippen LogP contribution is -2.40. The molecule has 0 unspecified atom stereocenters. The van der Waals surface area contributed by atoms with E-state index >= 15 is 0 Å². The van der Waals surface area contributed by atoms with Gasteiger partial charge in [0.15, 0.2) is 17.0 Å². The molecule has 0 atom stereocenters. The van der Waals surface area contributed by atoms with Gasteiger partial charge in [0, 0.05) is 38.3 Å². The highest BCUT2D eigenvalue weighted by molar-refractivity contribution is 6.28. The highest BCUT2D eigenvalue weighted by Gasteiger charge is 2.17. The van der Waals surface area contributed by atoms with Crippen molar-refractivity contribution in [3.63, 3.8) is 0 Å². The van der Waals surface area contributed by atoms with E-state index in [9.17, 15) is 9.59 Å². The molecule has 0 aliphatic rings.